The van der Waals surface area contributed by atoms with Crippen molar-refractivity contribution in [1.29, 1.82) is 0 Å². The summed E-state index contributed by atoms with van der Waals surface area (Å²) in [5.74, 6) is 0. The standard InChI is InChI=1S/C12H21N3/c1-12(2,15(3)4)11(13)9-10-7-5-6-8-14-10/h5-8,11H,9,13H2,1-4H3. The van der Waals surface area contributed by atoms with E-state index >= 15 is 0 Å². The van der Waals surface area contributed by atoms with Gasteiger partial charge in [-0.1, -0.05) is 6.07 Å². The molecule has 2 N–H and O–H groups in total. The Bertz CT molecular complexity index is 293. The zero-order valence-corrected chi connectivity index (χ0v) is 10.1. The Morgan fingerprint density at radius 3 is 2.53 bits per heavy atom. The van der Waals surface area contributed by atoms with E-state index in [4.69, 9.17) is 5.73 Å². The lowest BCUT2D eigenvalue weighted by molar-refractivity contribution is 0.157. The molecule has 1 aromatic heterocycles. The summed E-state index contributed by atoms with van der Waals surface area (Å²) in [4.78, 5) is 6.45. The van der Waals surface area contributed by atoms with Crippen LogP contribution in [0.1, 0.15) is 19.5 Å². The Kier molecular flexibility index (Phi) is 3.83. The van der Waals surface area contributed by atoms with Gasteiger partial charge in [-0.3, -0.25) is 4.98 Å². The van der Waals surface area contributed by atoms with Crippen LogP contribution in [0, 0.1) is 0 Å². The Balaban J connectivity index is 2.67. The van der Waals surface area contributed by atoms with Gasteiger partial charge in [0.15, 0.2) is 0 Å². The second-order valence-corrected chi connectivity index (χ2v) is 4.68. The van der Waals surface area contributed by atoms with Gasteiger partial charge in [0.05, 0.1) is 0 Å². The van der Waals surface area contributed by atoms with Crippen molar-refractivity contribution in [2.45, 2.75) is 31.8 Å². The molecule has 0 spiro atoms. The molecule has 0 aliphatic carbocycles. The number of likely N-dealkylation sites (N-methyl/N-ethyl adjacent to an activating group) is 1. The first kappa shape index (κ1) is 12.1. The molecule has 1 unspecified atom stereocenters. The molecular formula is C12H21N3. The molecular weight excluding hydrogens is 186 g/mol. The Hall–Kier alpha value is -0.930. The number of nitrogens with two attached hydrogens (primary N) is 1. The Labute approximate surface area is 92.3 Å². The number of rotatable bonds is 4. The highest BCUT2D eigenvalue weighted by Gasteiger charge is 2.28. The summed E-state index contributed by atoms with van der Waals surface area (Å²) in [6, 6.07) is 6.03. The Morgan fingerprint density at radius 1 is 1.40 bits per heavy atom. The molecule has 0 saturated heterocycles. The van der Waals surface area contributed by atoms with E-state index in [9.17, 15) is 0 Å². The molecule has 0 aliphatic rings. The van der Waals surface area contributed by atoms with E-state index < -0.39 is 0 Å². The average Bonchev–Trinajstić information content (AvgIpc) is 2.18. The van der Waals surface area contributed by atoms with Crippen LogP contribution in [0.2, 0.25) is 0 Å². The second-order valence-electron chi connectivity index (χ2n) is 4.68. The van der Waals surface area contributed by atoms with Crippen LogP contribution in [0.4, 0.5) is 0 Å². The van der Waals surface area contributed by atoms with E-state index in [0.29, 0.717) is 0 Å². The number of aromatic nitrogens is 1. The lowest BCUT2D eigenvalue weighted by Crippen LogP contribution is -2.54. The SMILES string of the molecule is CN(C)C(C)(C)C(N)Cc1ccccn1. The molecule has 0 aliphatic heterocycles. The molecule has 1 aromatic rings. The summed E-state index contributed by atoms with van der Waals surface area (Å²) >= 11 is 0. The third-order valence-corrected chi connectivity index (χ3v) is 3.22. The molecule has 1 atom stereocenters. The zero-order valence-electron chi connectivity index (χ0n) is 10.1. The van der Waals surface area contributed by atoms with E-state index in [1.165, 1.54) is 0 Å². The van der Waals surface area contributed by atoms with Crippen LogP contribution in [-0.2, 0) is 6.42 Å². The first-order valence-corrected chi connectivity index (χ1v) is 5.27. The van der Waals surface area contributed by atoms with Crippen LogP contribution in [0.5, 0.6) is 0 Å². The van der Waals surface area contributed by atoms with Gasteiger partial charge in [-0.15, -0.1) is 0 Å². The fourth-order valence-corrected chi connectivity index (χ4v) is 1.33. The largest absolute Gasteiger partial charge is 0.326 e. The van der Waals surface area contributed by atoms with E-state index in [1.54, 1.807) is 0 Å². The molecule has 1 rings (SSSR count). The molecule has 3 heteroatoms. The highest BCUT2D eigenvalue weighted by atomic mass is 15.2. The number of hydrogen-bond acceptors (Lipinski definition) is 3. The average molecular weight is 207 g/mol. The summed E-state index contributed by atoms with van der Waals surface area (Å²) < 4.78 is 0. The smallest absolute Gasteiger partial charge is 0.0419 e. The van der Waals surface area contributed by atoms with Crippen molar-refractivity contribution in [3.05, 3.63) is 30.1 Å². The van der Waals surface area contributed by atoms with Crippen LogP contribution < -0.4 is 5.73 Å². The molecule has 0 fully saturated rings. The van der Waals surface area contributed by atoms with Crippen molar-refractivity contribution in [1.82, 2.24) is 9.88 Å². The lowest BCUT2D eigenvalue weighted by atomic mass is 9.90. The van der Waals surface area contributed by atoms with Crippen LogP contribution >= 0.6 is 0 Å². The Morgan fingerprint density at radius 2 is 2.07 bits per heavy atom. The number of pyridine rings is 1. The summed E-state index contributed by atoms with van der Waals surface area (Å²) in [6.07, 6.45) is 2.62. The van der Waals surface area contributed by atoms with Crippen molar-refractivity contribution < 1.29 is 0 Å². The molecule has 0 aromatic carbocycles. The van der Waals surface area contributed by atoms with Gasteiger partial charge in [-0.2, -0.15) is 0 Å². The first-order valence-electron chi connectivity index (χ1n) is 5.27. The molecule has 0 radical (unpaired) electrons. The predicted octanol–water partition coefficient (Wildman–Crippen LogP) is 1.29. The molecule has 3 nitrogen and oxygen atoms in total. The monoisotopic (exact) mass is 207 g/mol. The maximum Gasteiger partial charge on any atom is 0.0419 e. The van der Waals surface area contributed by atoms with Crippen molar-refractivity contribution in [3.63, 3.8) is 0 Å². The molecule has 15 heavy (non-hydrogen) atoms. The number of hydrogen-bond donors (Lipinski definition) is 1. The van der Waals surface area contributed by atoms with Crippen LogP contribution in [0.25, 0.3) is 0 Å². The molecule has 0 amide bonds. The molecule has 1 heterocycles. The van der Waals surface area contributed by atoms with Gasteiger partial charge in [0.1, 0.15) is 0 Å². The topological polar surface area (TPSA) is 42.1 Å². The summed E-state index contributed by atoms with van der Waals surface area (Å²) in [5.41, 5.74) is 7.24. The van der Waals surface area contributed by atoms with Gasteiger partial charge in [0, 0.05) is 29.9 Å². The lowest BCUT2D eigenvalue weighted by Gasteiger charge is -2.38. The van der Waals surface area contributed by atoms with Crippen molar-refractivity contribution in [3.8, 4) is 0 Å². The maximum atomic E-state index is 6.20. The number of nitrogens with zero attached hydrogens (tertiary/aromatic N) is 2. The van der Waals surface area contributed by atoms with E-state index in [-0.39, 0.29) is 11.6 Å². The highest BCUT2D eigenvalue weighted by molar-refractivity contribution is 5.07. The summed E-state index contributed by atoms with van der Waals surface area (Å²) in [6.45, 7) is 4.31. The van der Waals surface area contributed by atoms with Gasteiger partial charge in [-0.05, 0) is 40.1 Å². The van der Waals surface area contributed by atoms with Gasteiger partial charge in [-0.25, -0.2) is 0 Å². The van der Waals surface area contributed by atoms with Gasteiger partial charge >= 0.3 is 0 Å². The molecule has 0 bridgehead atoms. The van der Waals surface area contributed by atoms with Crippen molar-refractivity contribution in [2.24, 2.45) is 5.73 Å². The predicted molar refractivity (Wildman–Crippen MR) is 63.7 cm³/mol. The van der Waals surface area contributed by atoms with Crippen LogP contribution in [0.15, 0.2) is 24.4 Å². The minimum atomic E-state index is -0.0163. The quantitative estimate of drug-likeness (QED) is 0.809. The van der Waals surface area contributed by atoms with Crippen molar-refractivity contribution in [2.75, 3.05) is 14.1 Å². The minimum Gasteiger partial charge on any atom is -0.326 e. The van der Waals surface area contributed by atoms with E-state index in [1.807, 2.05) is 24.4 Å². The van der Waals surface area contributed by atoms with Gasteiger partial charge in [0.25, 0.3) is 0 Å². The normalized spacial score (nSPS) is 14.3. The van der Waals surface area contributed by atoms with E-state index in [0.717, 1.165) is 12.1 Å². The third-order valence-electron chi connectivity index (χ3n) is 3.22. The minimum absolute atomic E-state index is 0.0163. The summed E-state index contributed by atoms with van der Waals surface area (Å²) in [5, 5.41) is 0. The van der Waals surface area contributed by atoms with Crippen LogP contribution in [0.3, 0.4) is 0 Å². The molecule has 84 valence electrons. The highest BCUT2D eigenvalue weighted by Crippen LogP contribution is 2.16. The van der Waals surface area contributed by atoms with E-state index in [2.05, 4.69) is 37.8 Å². The fourth-order valence-electron chi connectivity index (χ4n) is 1.33. The summed E-state index contributed by atoms with van der Waals surface area (Å²) in [7, 11) is 4.11. The third kappa shape index (κ3) is 3.01. The van der Waals surface area contributed by atoms with Crippen molar-refractivity contribution >= 4 is 0 Å². The van der Waals surface area contributed by atoms with Gasteiger partial charge in [0.2, 0.25) is 0 Å². The second kappa shape index (κ2) is 4.73. The molecule has 0 saturated carbocycles. The maximum absolute atomic E-state index is 6.20. The van der Waals surface area contributed by atoms with Crippen LogP contribution in [-0.4, -0.2) is 35.6 Å². The first-order chi connectivity index (χ1) is 6.94. The van der Waals surface area contributed by atoms with Gasteiger partial charge < -0.3 is 10.6 Å². The fraction of sp³-hybridized carbons (Fsp3) is 0.583. The zero-order chi connectivity index (χ0) is 11.5.